The minimum Gasteiger partial charge on any atom is -0.493 e. The first-order chi connectivity index (χ1) is 7.65. The Morgan fingerprint density at radius 3 is 2.75 bits per heavy atom. The Morgan fingerprint density at radius 1 is 1.44 bits per heavy atom. The first kappa shape index (κ1) is 12.5. The number of nitrogens with two attached hydrogens (primary N) is 1. The summed E-state index contributed by atoms with van der Waals surface area (Å²) in [6.45, 7) is 2.43. The van der Waals surface area contributed by atoms with Gasteiger partial charge in [0.15, 0.2) is 0 Å². The normalized spacial score (nSPS) is 9.94. The smallest absolute Gasteiger partial charge is 0.239 e. The maximum atomic E-state index is 11.2. The highest BCUT2D eigenvalue weighted by Crippen LogP contribution is 2.18. The number of hydrogen-bond donors (Lipinski definition) is 1. The van der Waals surface area contributed by atoms with Crippen LogP contribution in [0.3, 0.4) is 0 Å². The summed E-state index contributed by atoms with van der Waals surface area (Å²) in [5.41, 5.74) is 1.15. The Morgan fingerprint density at radius 2 is 2.12 bits per heavy atom. The lowest BCUT2D eigenvalue weighted by Crippen LogP contribution is -2.33. The molecule has 1 amide bonds. The maximum absolute atomic E-state index is 11.2. The van der Waals surface area contributed by atoms with Crippen molar-refractivity contribution >= 4 is 5.91 Å². The largest absolute Gasteiger partial charge is 0.493 e. The number of ether oxygens (including phenoxy) is 1. The third-order valence-electron chi connectivity index (χ3n) is 2.32. The van der Waals surface area contributed by atoms with E-state index in [0.717, 1.165) is 22.7 Å². The van der Waals surface area contributed by atoms with Gasteiger partial charge >= 0.3 is 0 Å². The van der Waals surface area contributed by atoms with E-state index in [0.29, 0.717) is 13.0 Å². The van der Waals surface area contributed by atoms with Crippen molar-refractivity contribution < 1.29 is 9.53 Å². The van der Waals surface area contributed by atoms with E-state index in [-0.39, 0.29) is 5.91 Å². The highest BCUT2D eigenvalue weighted by atomic mass is 16.5. The zero-order valence-corrected chi connectivity index (χ0v) is 9.77. The van der Waals surface area contributed by atoms with Crippen molar-refractivity contribution in [2.45, 2.75) is 19.8 Å². The summed E-state index contributed by atoms with van der Waals surface area (Å²) >= 11 is 0. The highest BCUT2D eigenvalue weighted by Gasteiger charge is 2.05. The zero-order valence-electron chi connectivity index (χ0n) is 9.77. The van der Waals surface area contributed by atoms with Crippen LogP contribution in [0.4, 0.5) is 0 Å². The number of nitrogens with zero attached hydrogens (tertiary/aromatic N) is 1. The van der Waals surface area contributed by atoms with Crippen molar-refractivity contribution in [3.63, 3.8) is 0 Å². The van der Waals surface area contributed by atoms with Gasteiger partial charge in [-0.25, -0.2) is 5.84 Å². The van der Waals surface area contributed by atoms with Crippen LogP contribution in [-0.2, 0) is 11.2 Å². The number of amides is 1. The minimum absolute atomic E-state index is 0.131. The molecule has 0 spiro atoms. The molecule has 0 saturated carbocycles. The highest BCUT2D eigenvalue weighted by molar-refractivity contribution is 5.75. The van der Waals surface area contributed by atoms with E-state index in [1.54, 1.807) is 0 Å². The van der Waals surface area contributed by atoms with Crippen molar-refractivity contribution in [3.05, 3.63) is 29.8 Å². The molecular weight excluding hydrogens is 204 g/mol. The molecule has 0 aromatic heterocycles. The van der Waals surface area contributed by atoms with E-state index in [9.17, 15) is 4.79 Å². The topological polar surface area (TPSA) is 55.6 Å². The van der Waals surface area contributed by atoms with E-state index in [1.165, 1.54) is 7.05 Å². The van der Waals surface area contributed by atoms with E-state index < -0.39 is 0 Å². The number of hydrogen-bond acceptors (Lipinski definition) is 3. The standard InChI is InChI=1S/C12H18N2O2/c1-3-10-6-4-5-7-11(10)16-9-8-12(15)14(2)13/h4-7H,3,8-9,13H2,1-2H3. The molecular formula is C12H18N2O2. The van der Waals surface area contributed by atoms with Gasteiger partial charge < -0.3 is 4.74 Å². The summed E-state index contributed by atoms with van der Waals surface area (Å²) < 4.78 is 5.55. The van der Waals surface area contributed by atoms with Gasteiger partial charge in [-0.15, -0.1) is 0 Å². The Hall–Kier alpha value is -1.55. The van der Waals surface area contributed by atoms with Crippen LogP contribution in [0.1, 0.15) is 18.9 Å². The minimum atomic E-state index is -0.131. The molecule has 1 aromatic carbocycles. The average Bonchev–Trinajstić information content (AvgIpc) is 2.29. The zero-order chi connectivity index (χ0) is 12.0. The average molecular weight is 222 g/mol. The van der Waals surface area contributed by atoms with Crippen LogP contribution in [0.15, 0.2) is 24.3 Å². The van der Waals surface area contributed by atoms with Crippen molar-refractivity contribution in [1.82, 2.24) is 5.01 Å². The van der Waals surface area contributed by atoms with Gasteiger partial charge in [-0.1, -0.05) is 25.1 Å². The summed E-state index contributed by atoms with van der Waals surface area (Å²) in [5.74, 6) is 6.01. The number of benzene rings is 1. The van der Waals surface area contributed by atoms with Crippen molar-refractivity contribution in [2.75, 3.05) is 13.7 Å². The molecule has 16 heavy (non-hydrogen) atoms. The lowest BCUT2D eigenvalue weighted by molar-refractivity contribution is -0.130. The lowest BCUT2D eigenvalue weighted by atomic mass is 10.1. The molecule has 0 fully saturated rings. The van der Waals surface area contributed by atoms with Gasteiger partial charge in [0.25, 0.3) is 0 Å². The molecule has 0 aliphatic heterocycles. The Bertz CT molecular complexity index is 351. The molecule has 4 nitrogen and oxygen atoms in total. The Labute approximate surface area is 96.0 Å². The molecule has 88 valence electrons. The summed E-state index contributed by atoms with van der Waals surface area (Å²) in [7, 11) is 1.53. The Kier molecular flexibility index (Phi) is 4.79. The molecule has 1 rings (SSSR count). The van der Waals surface area contributed by atoms with Gasteiger partial charge in [0.2, 0.25) is 5.91 Å². The van der Waals surface area contributed by atoms with Crippen LogP contribution >= 0.6 is 0 Å². The molecule has 0 unspecified atom stereocenters. The second-order valence-electron chi connectivity index (χ2n) is 3.56. The van der Waals surface area contributed by atoms with Gasteiger partial charge in [-0.3, -0.25) is 9.80 Å². The molecule has 0 heterocycles. The molecule has 0 bridgehead atoms. The monoisotopic (exact) mass is 222 g/mol. The molecule has 4 heteroatoms. The molecule has 0 atom stereocenters. The van der Waals surface area contributed by atoms with Crippen molar-refractivity contribution in [3.8, 4) is 5.75 Å². The first-order valence-electron chi connectivity index (χ1n) is 5.37. The van der Waals surface area contributed by atoms with Gasteiger partial charge in [0.05, 0.1) is 13.0 Å². The van der Waals surface area contributed by atoms with Gasteiger partial charge in [0.1, 0.15) is 5.75 Å². The van der Waals surface area contributed by atoms with Crippen LogP contribution in [0.2, 0.25) is 0 Å². The molecule has 2 N–H and O–H groups in total. The predicted octanol–water partition coefficient (Wildman–Crippen LogP) is 1.35. The van der Waals surface area contributed by atoms with Gasteiger partial charge in [-0.05, 0) is 18.1 Å². The van der Waals surface area contributed by atoms with Crippen LogP contribution in [0.25, 0.3) is 0 Å². The number of carbonyl (C=O) groups is 1. The first-order valence-corrected chi connectivity index (χ1v) is 5.37. The van der Waals surface area contributed by atoms with Crippen LogP contribution in [0.5, 0.6) is 5.75 Å². The third-order valence-corrected chi connectivity index (χ3v) is 2.32. The van der Waals surface area contributed by atoms with E-state index >= 15 is 0 Å². The number of para-hydroxylation sites is 1. The van der Waals surface area contributed by atoms with Crippen molar-refractivity contribution in [2.24, 2.45) is 5.84 Å². The van der Waals surface area contributed by atoms with E-state index in [1.807, 2.05) is 24.3 Å². The van der Waals surface area contributed by atoms with Crippen LogP contribution in [-0.4, -0.2) is 24.6 Å². The second-order valence-corrected chi connectivity index (χ2v) is 3.56. The van der Waals surface area contributed by atoms with Gasteiger partial charge in [-0.2, -0.15) is 0 Å². The molecule has 0 aliphatic rings. The van der Waals surface area contributed by atoms with Crippen LogP contribution in [0, 0.1) is 0 Å². The summed E-state index contributed by atoms with van der Waals surface area (Å²) in [6, 6.07) is 7.83. The number of carbonyl (C=O) groups excluding carboxylic acids is 1. The summed E-state index contributed by atoms with van der Waals surface area (Å²) in [5, 5.41) is 1.08. The van der Waals surface area contributed by atoms with Crippen LogP contribution < -0.4 is 10.6 Å². The number of hydrazine groups is 1. The quantitative estimate of drug-likeness (QED) is 0.465. The maximum Gasteiger partial charge on any atom is 0.239 e. The predicted molar refractivity (Wildman–Crippen MR) is 62.9 cm³/mol. The molecule has 0 aliphatic carbocycles. The summed E-state index contributed by atoms with van der Waals surface area (Å²) in [4.78, 5) is 11.2. The molecule has 0 radical (unpaired) electrons. The SMILES string of the molecule is CCc1ccccc1OCCC(=O)N(C)N. The fraction of sp³-hybridized carbons (Fsp3) is 0.417. The molecule has 0 saturated heterocycles. The van der Waals surface area contributed by atoms with E-state index in [2.05, 4.69) is 6.92 Å². The second kappa shape index (κ2) is 6.12. The molecule has 1 aromatic rings. The summed E-state index contributed by atoms with van der Waals surface area (Å²) in [6.07, 6.45) is 1.21. The Balaban J connectivity index is 2.45. The lowest BCUT2D eigenvalue weighted by Gasteiger charge is -2.12. The fourth-order valence-electron chi connectivity index (χ4n) is 1.36. The van der Waals surface area contributed by atoms with E-state index in [4.69, 9.17) is 10.6 Å². The van der Waals surface area contributed by atoms with Crippen molar-refractivity contribution in [1.29, 1.82) is 0 Å². The fourth-order valence-corrected chi connectivity index (χ4v) is 1.36. The number of rotatable bonds is 5. The van der Waals surface area contributed by atoms with Gasteiger partial charge in [0, 0.05) is 7.05 Å². The third kappa shape index (κ3) is 3.55. The number of aryl methyl sites for hydroxylation is 1.